The van der Waals surface area contributed by atoms with E-state index in [2.05, 4.69) is 64.7 Å². The minimum atomic E-state index is 0.408. The maximum absolute atomic E-state index is 5.82. The van der Waals surface area contributed by atoms with Crippen LogP contribution in [0.4, 0.5) is 5.69 Å². The average Bonchev–Trinajstić information content (AvgIpc) is 2.92. The molecule has 2 aromatic rings. The van der Waals surface area contributed by atoms with Gasteiger partial charge in [0, 0.05) is 17.8 Å². The molecule has 0 aliphatic carbocycles. The molecule has 4 heteroatoms. The average molecular weight is 284 g/mol. The minimum absolute atomic E-state index is 0.408. The molecule has 0 radical (unpaired) electrons. The molecule has 1 fully saturated rings. The molecule has 0 aromatic heterocycles. The largest absolute Gasteiger partial charge is 0.409 e. The topological polar surface area (TPSA) is 15.7 Å². The molecule has 2 aliphatic rings. The molecule has 0 N–H and O–H groups in total. The Bertz CT molecular complexity index is 632. The number of rotatable bonds is 1. The number of benzene rings is 2. The maximum atomic E-state index is 5.82. The molecule has 3 nitrogen and oxygen atoms in total. The fraction of sp³-hybridized carbons (Fsp3) is 0.250. The lowest BCUT2D eigenvalue weighted by Gasteiger charge is -2.29. The summed E-state index contributed by atoms with van der Waals surface area (Å²) in [4.78, 5) is 2.41. The first-order valence-corrected chi connectivity index (χ1v) is 7.53. The molecule has 0 bridgehead atoms. The highest BCUT2D eigenvalue weighted by atomic mass is 32.2. The molecule has 0 saturated carbocycles. The zero-order valence-corrected chi connectivity index (χ0v) is 12.1. The second-order valence-corrected chi connectivity index (χ2v) is 6.06. The summed E-state index contributed by atoms with van der Waals surface area (Å²) in [6, 6.07) is 17.3. The van der Waals surface area contributed by atoms with Gasteiger partial charge in [0.2, 0.25) is 0 Å². The summed E-state index contributed by atoms with van der Waals surface area (Å²) >= 11 is 1.48. The Morgan fingerprint density at radius 2 is 1.95 bits per heavy atom. The van der Waals surface area contributed by atoms with Crippen LogP contribution in [0.2, 0.25) is 0 Å². The summed E-state index contributed by atoms with van der Waals surface area (Å²) in [5, 5.41) is 0. The molecule has 1 atom stereocenters. The van der Waals surface area contributed by atoms with E-state index in [1.807, 2.05) is 0 Å². The van der Waals surface area contributed by atoms with Crippen LogP contribution in [-0.2, 0) is 0 Å². The zero-order chi connectivity index (χ0) is 13.5. The van der Waals surface area contributed by atoms with Crippen LogP contribution in [0.15, 0.2) is 48.5 Å². The van der Waals surface area contributed by atoms with Gasteiger partial charge in [0.25, 0.3) is 0 Å². The van der Waals surface area contributed by atoms with E-state index in [4.69, 9.17) is 4.18 Å². The molecule has 102 valence electrons. The van der Waals surface area contributed by atoms with Crippen molar-refractivity contribution in [1.29, 1.82) is 0 Å². The lowest BCUT2D eigenvalue weighted by atomic mass is 10.0. The molecule has 2 aromatic carbocycles. The van der Waals surface area contributed by atoms with E-state index in [-0.39, 0.29) is 0 Å². The van der Waals surface area contributed by atoms with Gasteiger partial charge in [-0.3, -0.25) is 0 Å². The minimum Gasteiger partial charge on any atom is -0.409 e. The predicted octanol–water partition coefficient (Wildman–Crippen LogP) is 3.77. The van der Waals surface area contributed by atoms with Crippen LogP contribution < -0.4 is 9.08 Å². The van der Waals surface area contributed by atoms with Crippen molar-refractivity contribution in [3.05, 3.63) is 59.7 Å². The third-order valence-electron chi connectivity index (χ3n) is 4.01. The highest BCUT2D eigenvalue weighted by molar-refractivity contribution is 7.92. The van der Waals surface area contributed by atoms with Gasteiger partial charge in [-0.05, 0) is 30.7 Å². The second kappa shape index (κ2) is 4.72. The maximum Gasteiger partial charge on any atom is 0.149 e. The van der Waals surface area contributed by atoms with Gasteiger partial charge in [-0.1, -0.05) is 30.3 Å². The number of hydrogen-bond acceptors (Lipinski definition) is 4. The first kappa shape index (κ1) is 12.1. The van der Waals surface area contributed by atoms with Crippen molar-refractivity contribution in [2.45, 2.75) is 13.0 Å². The zero-order valence-electron chi connectivity index (χ0n) is 11.3. The monoisotopic (exact) mass is 284 g/mol. The van der Waals surface area contributed by atoms with E-state index in [9.17, 15) is 0 Å². The van der Waals surface area contributed by atoms with Crippen LogP contribution in [0.3, 0.4) is 0 Å². The van der Waals surface area contributed by atoms with Gasteiger partial charge < -0.3 is 9.08 Å². The van der Waals surface area contributed by atoms with Crippen molar-refractivity contribution in [1.82, 2.24) is 4.31 Å². The summed E-state index contributed by atoms with van der Waals surface area (Å²) in [5.74, 6) is 1.02. The number of aryl methyl sites for hydroxylation is 1. The highest BCUT2D eigenvalue weighted by Gasteiger charge is 2.38. The summed E-state index contributed by atoms with van der Waals surface area (Å²) in [5.41, 5.74) is 3.93. The van der Waals surface area contributed by atoms with Crippen molar-refractivity contribution in [3.8, 4) is 5.75 Å². The van der Waals surface area contributed by atoms with Crippen LogP contribution in [0.25, 0.3) is 0 Å². The van der Waals surface area contributed by atoms with E-state index in [1.165, 1.54) is 29.0 Å². The second-order valence-electron chi connectivity index (χ2n) is 5.28. The van der Waals surface area contributed by atoms with Crippen LogP contribution >= 0.6 is 12.2 Å². The molecular weight excluding hydrogens is 268 g/mol. The first-order valence-electron chi connectivity index (χ1n) is 6.84. The van der Waals surface area contributed by atoms with Gasteiger partial charge in [-0.2, -0.15) is 4.31 Å². The van der Waals surface area contributed by atoms with Crippen LogP contribution in [-0.4, -0.2) is 17.5 Å². The Morgan fingerprint density at radius 1 is 1.10 bits per heavy atom. The van der Waals surface area contributed by atoms with Gasteiger partial charge in [-0.25, -0.2) is 0 Å². The Morgan fingerprint density at radius 3 is 2.80 bits per heavy atom. The highest BCUT2D eigenvalue weighted by Crippen LogP contribution is 2.45. The van der Waals surface area contributed by atoms with Gasteiger partial charge >= 0.3 is 0 Å². The molecule has 0 spiro atoms. The van der Waals surface area contributed by atoms with E-state index < -0.39 is 0 Å². The Hall–Kier alpha value is -1.65. The number of para-hydroxylation sites is 1. The van der Waals surface area contributed by atoms with Crippen molar-refractivity contribution >= 4 is 17.9 Å². The lowest BCUT2D eigenvalue weighted by Crippen LogP contribution is -2.24. The molecule has 0 unspecified atom stereocenters. The van der Waals surface area contributed by atoms with Gasteiger partial charge in [0.1, 0.15) is 18.0 Å². The fourth-order valence-electron chi connectivity index (χ4n) is 3.00. The van der Waals surface area contributed by atoms with E-state index >= 15 is 0 Å². The number of hydrogen-bond donors (Lipinski definition) is 0. The van der Waals surface area contributed by atoms with Gasteiger partial charge in [0.05, 0.1) is 12.7 Å². The third kappa shape index (κ3) is 1.87. The normalized spacial score (nSPS) is 21.2. The number of fused-ring (bicyclic) bond motifs is 3. The standard InChI is InChI=1S/C16H16N2OS/c1-12-6-5-9-15-16(12)14-10-17(11-18(14)20-19-15)13-7-3-2-4-8-13/h2-9,14H,10-11H2,1H3/t14-/m0/s1. The molecule has 2 heterocycles. The first-order chi connectivity index (χ1) is 9.83. The molecule has 0 amide bonds. The van der Waals surface area contributed by atoms with Crippen molar-refractivity contribution in [3.63, 3.8) is 0 Å². The quantitative estimate of drug-likeness (QED) is 0.585. The van der Waals surface area contributed by atoms with Crippen LogP contribution in [0.5, 0.6) is 5.75 Å². The molecule has 20 heavy (non-hydrogen) atoms. The van der Waals surface area contributed by atoms with E-state index in [0.717, 1.165) is 19.0 Å². The molecule has 4 rings (SSSR count). The Labute approximate surface area is 123 Å². The summed E-state index contributed by atoms with van der Waals surface area (Å²) in [6.45, 7) is 4.08. The molecular formula is C16H16N2OS. The van der Waals surface area contributed by atoms with Crippen LogP contribution in [0.1, 0.15) is 17.2 Å². The van der Waals surface area contributed by atoms with Crippen molar-refractivity contribution < 1.29 is 4.18 Å². The molecule has 2 aliphatic heterocycles. The Balaban J connectivity index is 1.69. The van der Waals surface area contributed by atoms with Gasteiger partial charge in [-0.15, -0.1) is 0 Å². The van der Waals surface area contributed by atoms with Crippen molar-refractivity contribution in [2.24, 2.45) is 0 Å². The SMILES string of the molecule is Cc1cccc2c1[C@@H]1CN(c3ccccc3)CN1SO2. The third-order valence-corrected chi connectivity index (χ3v) is 4.83. The van der Waals surface area contributed by atoms with Crippen molar-refractivity contribution in [2.75, 3.05) is 18.1 Å². The van der Waals surface area contributed by atoms with E-state index in [0.29, 0.717) is 6.04 Å². The lowest BCUT2D eigenvalue weighted by molar-refractivity contribution is 0.398. The van der Waals surface area contributed by atoms with Crippen LogP contribution in [0, 0.1) is 6.92 Å². The smallest absolute Gasteiger partial charge is 0.149 e. The number of anilines is 1. The van der Waals surface area contributed by atoms with Gasteiger partial charge in [0.15, 0.2) is 0 Å². The summed E-state index contributed by atoms with van der Waals surface area (Å²) < 4.78 is 8.14. The Kier molecular flexibility index (Phi) is 2.86. The summed E-state index contributed by atoms with van der Waals surface area (Å²) in [7, 11) is 0. The predicted molar refractivity (Wildman–Crippen MR) is 82.6 cm³/mol. The van der Waals surface area contributed by atoms with E-state index in [1.54, 1.807) is 0 Å². The fourth-order valence-corrected chi connectivity index (χ4v) is 3.79. The number of nitrogens with zero attached hydrogens (tertiary/aromatic N) is 2. The molecule has 1 saturated heterocycles. The summed E-state index contributed by atoms with van der Waals surface area (Å²) in [6.07, 6.45) is 0.